The first-order valence-corrected chi connectivity index (χ1v) is 13.4. The van der Waals surface area contributed by atoms with Crippen molar-refractivity contribution in [3.8, 4) is 28.7 Å². The SMILES string of the molecule is COc1ccc(C(=O)N(C)CCCN(C)C)cc1Nc1ncc(-c2ccc(C#N)c(OC(C)Cn3cnnn3)c2)cn1. The van der Waals surface area contributed by atoms with E-state index in [1.54, 1.807) is 66.5 Å². The molecule has 1 amide bonds. The number of hydrogen-bond donors (Lipinski definition) is 1. The molecule has 42 heavy (non-hydrogen) atoms. The van der Waals surface area contributed by atoms with E-state index in [0.29, 0.717) is 47.4 Å². The first-order valence-electron chi connectivity index (χ1n) is 13.4. The molecule has 218 valence electrons. The highest BCUT2D eigenvalue weighted by Gasteiger charge is 2.16. The molecule has 2 heterocycles. The summed E-state index contributed by atoms with van der Waals surface area (Å²) in [6, 6.07) is 12.7. The summed E-state index contributed by atoms with van der Waals surface area (Å²) in [5.41, 5.74) is 3.03. The summed E-state index contributed by atoms with van der Waals surface area (Å²) in [4.78, 5) is 25.8. The number of nitriles is 1. The smallest absolute Gasteiger partial charge is 0.253 e. The summed E-state index contributed by atoms with van der Waals surface area (Å²) in [5, 5.41) is 23.8. The number of hydrogen-bond acceptors (Lipinski definition) is 11. The van der Waals surface area contributed by atoms with Crippen molar-refractivity contribution in [3.05, 3.63) is 66.2 Å². The van der Waals surface area contributed by atoms with Crippen molar-refractivity contribution in [1.82, 2.24) is 40.0 Å². The lowest BCUT2D eigenvalue weighted by Crippen LogP contribution is -2.29. The van der Waals surface area contributed by atoms with E-state index < -0.39 is 0 Å². The maximum Gasteiger partial charge on any atom is 0.253 e. The second-order valence-electron chi connectivity index (χ2n) is 10.0. The zero-order chi connectivity index (χ0) is 30.1. The Morgan fingerprint density at radius 2 is 1.86 bits per heavy atom. The minimum Gasteiger partial charge on any atom is -0.495 e. The third-order valence-electron chi connectivity index (χ3n) is 6.39. The molecule has 0 saturated carbocycles. The van der Waals surface area contributed by atoms with Crippen LogP contribution in [0.25, 0.3) is 11.1 Å². The van der Waals surface area contributed by atoms with E-state index >= 15 is 0 Å². The summed E-state index contributed by atoms with van der Waals surface area (Å²) >= 11 is 0. The van der Waals surface area contributed by atoms with Crippen molar-refractivity contribution in [2.24, 2.45) is 0 Å². The highest BCUT2D eigenvalue weighted by molar-refractivity contribution is 5.95. The molecule has 2 aromatic carbocycles. The molecule has 0 bridgehead atoms. The highest BCUT2D eigenvalue weighted by Crippen LogP contribution is 2.30. The molecule has 1 atom stereocenters. The molecule has 4 rings (SSSR count). The molecule has 4 aromatic rings. The van der Waals surface area contributed by atoms with E-state index in [0.717, 1.165) is 24.1 Å². The van der Waals surface area contributed by atoms with Gasteiger partial charge in [-0.3, -0.25) is 4.79 Å². The van der Waals surface area contributed by atoms with Gasteiger partial charge in [0.2, 0.25) is 5.95 Å². The zero-order valence-corrected chi connectivity index (χ0v) is 24.4. The molecule has 0 spiro atoms. The van der Waals surface area contributed by atoms with Crippen LogP contribution in [-0.2, 0) is 6.54 Å². The number of carbonyl (C=O) groups excluding carboxylic acids is 1. The minimum absolute atomic E-state index is 0.0816. The molecule has 0 aliphatic heterocycles. The fraction of sp³-hybridized carbons (Fsp3) is 0.345. The number of benzene rings is 2. The molecule has 0 radical (unpaired) electrons. The minimum atomic E-state index is -0.283. The molecule has 1 N–H and O–H groups in total. The third kappa shape index (κ3) is 7.76. The molecule has 0 aliphatic carbocycles. The highest BCUT2D eigenvalue weighted by atomic mass is 16.5. The Bertz CT molecular complexity index is 1520. The van der Waals surface area contributed by atoms with Crippen LogP contribution in [0.1, 0.15) is 29.3 Å². The van der Waals surface area contributed by atoms with E-state index in [9.17, 15) is 10.1 Å². The maximum absolute atomic E-state index is 13.0. The van der Waals surface area contributed by atoms with Crippen molar-refractivity contribution in [3.63, 3.8) is 0 Å². The van der Waals surface area contributed by atoms with E-state index in [1.807, 2.05) is 27.1 Å². The summed E-state index contributed by atoms with van der Waals surface area (Å²) in [7, 11) is 7.38. The number of tetrazole rings is 1. The molecular weight excluding hydrogens is 536 g/mol. The van der Waals surface area contributed by atoms with Gasteiger partial charge in [-0.15, -0.1) is 5.10 Å². The summed E-state index contributed by atoms with van der Waals surface area (Å²) in [6.07, 6.45) is 5.44. The monoisotopic (exact) mass is 570 g/mol. The summed E-state index contributed by atoms with van der Waals surface area (Å²) in [5.74, 6) is 1.25. The molecule has 0 saturated heterocycles. The predicted octanol–water partition coefficient (Wildman–Crippen LogP) is 3.25. The quantitative estimate of drug-likeness (QED) is 0.253. The van der Waals surface area contributed by atoms with Gasteiger partial charge in [-0.2, -0.15) is 5.26 Å². The number of aromatic nitrogens is 6. The Hall–Kier alpha value is -5.09. The number of ether oxygens (including phenoxy) is 2. The number of nitrogens with one attached hydrogen (secondary N) is 1. The van der Waals surface area contributed by atoms with Crippen LogP contribution < -0.4 is 14.8 Å². The normalized spacial score (nSPS) is 11.5. The lowest BCUT2D eigenvalue weighted by atomic mass is 10.1. The van der Waals surface area contributed by atoms with Crippen molar-refractivity contribution in [2.45, 2.75) is 26.0 Å². The van der Waals surface area contributed by atoms with Crippen LogP contribution >= 0.6 is 0 Å². The Morgan fingerprint density at radius 1 is 1.07 bits per heavy atom. The van der Waals surface area contributed by atoms with E-state index in [-0.39, 0.29) is 12.0 Å². The average molecular weight is 571 g/mol. The average Bonchev–Trinajstić information content (AvgIpc) is 3.49. The first-order chi connectivity index (χ1) is 20.3. The van der Waals surface area contributed by atoms with Gasteiger partial charge in [-0.25, -0.2) is 14.6 Å². The number of anilines is 2. The molecule has 0 fully saturated rings. The standard InChI is InChI=1S/C29H34N10O3/c1-20(18-39-19-33-35-36-39)42-27-14-21(7-8-23(27)15-30)24-16-31-29(32-17-24)34-25-13-22(9-10-26(25)41-5)28(40)38(4)12-6-11-37(2)3/h7-10,13-14,16-17,19-20H,6,11-12,18H2,1-5H3,(H,31,32,34). The van der Waals surface area contributed by atoms with Gasteiger partial charge < -0.3 is 24.6 Å². The van der Waals surface area contributed by atoms with Crippen LogP contribution in [0.4, 0.5) is 11.6 Å². The lowest BCUT2D eigenvalue weighted by molar-refractivity contribution is 0.0790. The number of methoxy groups -OCH3 is 1. The molecule has 2 aromatic heterocycles. The van der Waals surface area contributed by atoms with E-state index in [2.05, 4.69) is 41.8 Å². The van der Waals surface area contributed by atoms with Crippen molar-refractivity contribution >= 4 is 17.5 Å². The van der Waals surface area contributed by atoms with Crippen molar-refractivity contribution < 1.29 is 14.3 Å². The summed E-state index contributed by atoms with van der Waals surface area (Å²) in [6.45, 7) is 3.85. The third-order valence-corrected chi connectivity index (χ3v) is 6.39. The van der Waals surface area contributed by atoms with Crippen LogP contribution in [0.2, 0.25) is 0 Å². The Morgan fingerprint density at radius 3 is 2.52 bits per heavy atom. The van der Waals surface area contributed by atoms with E-state index in [1.165, 1.54) is 6.33 Å². The van der Waals surface area contributed by atoms with Gasteiger partial charge in [0.15, 0.2) is 0 Å². The number of amides is 1. The second-order valence-corrected chi connectivity index (χ2v) is 10.0. The van der Waals surface area contributed by atoms with Crippen LogP contribution in [0.15, 0.2) is 55.1 Å². The van der Waals surface area contributed by atoms with Gasteiger partial charge in [0, 0.05) is 37.1 Å². The Kier molecular flexibility index (Phi) is 9.96. The Labute approximate surface area is 244 Å². The molecule has 0 aliphatic rings. The number of nitrogens with zero attached hydrogens (tertiary/aromatic N) is 9. The fourth-order valence-electron chi connectivity index (χ4n) is 4.22. The first kappa shape index (κ1) is 29.9. The van der Waals surface area contributed by atoms with Gasteiger partial charge in [-0.1, -0.05) is 6.07 Å². The summed E-state index contributed by atoms with van der Waals surface area (Å²) < 4.78 is 13.1. The topological polar surface area (TPSA) is 147 Å². The van der Waals surface area contributed by atoms with Gasteiger partial charge >= 0.3 is 0 Å². The van der Waals surface area contributed by atoms with Crippen LogP contribution in [0.3, 0.4) is 0 Å². The molecular formula is C29H34N10O3. The number of carbonyl (C=O) groups is 1. The van der Waals surface area contributed by atoms with Crippen molar-refractivity contribution in [1.29, 1.82) is 5.26 Å². The van der Waals surface area contributed by atoms with Gasteiger partial charge in [0.1, 0.15) is 30.0 Å². The fourth-order valence-corrected chi connectivity index (χ4v) is 4.22. The largest absolute Gasteiger partial charge is 0.495 e. The van der Waals surface area contributed by atoms with Crippen molar-refractivity contribution in [2.75, 3.05) is 46.7 Å². The molecule has 13 heteroatoms. The number of rotatable bonds is 13. The van der Waals surface area contributed by atoms with E-state index in [4.69, 9.17) is 9.47 Å². The predicted molar refractivity (Wildman–Crippen MR) is 156 cm³/mol. The zero-order valence-electron chi connectivity index (χ0n) is 24.4. The second kappa shape index (κ2) is 14.0. The Balaban J connectivity index is 1.47. The van der Waals surface area contributed by atoms with Gasteiger partial charge in [0.05, 0.1) is 24.9 Å². The van der Waals surface area contributed by atoms with Crippen LogP contribution in [-0.4, -0.2) is 93.3 Å². The van der Waals surface area contributed by atoms with Gasteiger partial charge in [-0.05, 0) is 80.3 Å². The maximum atomic E-state index is 13.0. The molecule has 1 unspecified atom stereocenters. The van der Waals surface area contributed by atoms with Crippen LogP contribution in [0, 0.1) is 11.3 Å². The molecule has 13 nitrogen and oxygen atoms in total. The lowest BCUT2D eigenvalue weighted by Gasteiger charge is -2.19. The van der Waals surface area contributed by atoms with Gasteiger partial charge in [0.25, 0.3) is 5.91 Å². The van der Waals surface area contributed by atoms with Crippen LogP contribution in [0.5, 0.6) is 11.5 Å².